The fourth-order valence-electron chi connectivity index (χ4n) is 5.80. The number of fused-ring (bicyclic) bond motifs is 3. The summed E-state index contributed by atoms with van der Waals surface area (Å²) >= 11 is 0. The predicted octanol–water partition coefficient (Wildman–Crippen LogP) is 7.97. The molecule has 0 saturated heterocycles. The van der Waals surface area contributed by atoms with Gasteiger partial charge in [0.25, 0.3) is 0 Å². The summed E-state index contributed by atoms with van der Waals surface area (Å²) < 4.78 is 8.61. The van der Waals surface area contributed by atoms with Crippen LogP contribution in [0.1, 0.15) is 54.7 Å². The molecule has 0 bridgehead atoms. The van der Waals surface area contributed by atoms with Crippen LogP contribution >= 0.6 is 0 Å². The van der Waals surface area contributed by atoms with Gasteiger partial charge in [0.05, 0.1) is 11.6 Å². The molecule has 2 aromatic heterocycles. The quantitative estimate of drug-likeness (QED) is 0.258. The molecule has 0 N–H and O–H groups in total. The number of hydrogen-bond acceptors (Lipinski definition) is 2. The molecule has 0 radical (unpaired) electrons. The molecule has 2 heterocycles. The van der Waals surface area contributed by atoms with Crippen LogP contribution in [0.4, 0.5) is 0 Å². The van der Waals surface area contributed by atoms with Crippen LogP contribution in [0.25, 0.3) is 44.3 Å². The Morgan fingerprint density at radius 3 is 2.46 bits per heavy atom. The molecule has 1 aliphatic rings. The minimum absolute atomic E-state index is 0.647. The number of nitriles is 1. The van der Waals surface area contributed by atoms with E-state index in [-0.39, 0.29) is 0 Å². The Morgan fingerprint density at radius 2 is 1.71 bits per heavy atom. The number of aryl methyl sites for hydroxylation is 2. The van der Waals surface area contributed by atoms with Crippen molar-refractivity contribution in [2.24, 2.45) is 7.05 Å². The highest BCUT2D eigenvalue weighted by Gasteiger charge is 2.21. The average Bonchev–Trinajstić information content (AvgIpc) is 3.25. The molecule has 6 rings (SSSR count). The van der Waals surface area contributed by atoms with Gasteiger partial charge in [-0.1, -0.05) is 43.5 Å². The molecule has 3 heteroatoms. The average molecular weight is 458 g/mol. The third kappa shape index (κ3) is 3.70. The molecule has 1 saturated carbocycles. The van der Waals surface area contributed by atoms with Gasteiger partial charge in [-0.3, -0.25) is 0 Å². The fourth-order valence-corrected chi connectivity index (χ4v) is 5.80. The smallest absolute Gasteiger partial charge is 0.212 e. The van der Waals surface area contributed by atoms with E-state index in [2.05, 4.69) is 79.3 Å². The highest BCUT2D eigenvalue weighted by Crippen LogP contribution is 2.41. The van der Waals surface area contributed by atoms with Gasteiger partial charge in [0.1, 0.15) is 18.2 Å². The van der Waals surface area contributed by atoms with Gasteiger partial charge in [0.2, 0.25) is 5.69 Å². The molecule has 3 nitrogen and oxygen atoms in total. The summed E-state index contributed by atoms with van der Waals surface area (Å²) in [4.78, 5) is 0. The van der Waals surface area contributed by atoms with E-state index in [4.69, 9.17) is 4.42 Å². The minimum atomic E-state index is 0.647. The van der Waals surface area contributed by atoms with Gasteiger partial charge in [0.15, 0.2) is 6.20 Å². The summed E-state index contributed by atoms with van der Waals surface area (Å²) in [5, 5.41) is 12.1. The first-order valence-corrected chi connectivity index (χ1v) is 12.6. The van der Waals surface area contributed by atoms with Crippen LogP contribution in [-0.4, -0.2) is 0 Å². The van der Waals surface area contributed by atoms with E-state index < -0.39 is 0 Å². The Morgan fingerprint density at radius 1 is 0.914 bits per heavy atom. The van der Waals surface area contributed by atoms with E-state index >= 15 is 0 Å². The Bertz CT molecular complexity index is 1600. The zero-order valence-electron chi connectivity index (χ0n) is 20.3. The van der Waals surface area contributed by atoms with E-state index in [9.17, 15) is 5.26 Å². The van der Waals surface area contributed by atoms with Crippen molar-refractivity contribution in [2.75, 3.05) is 0 Å². The van der Waals surface area contributed by atoms with Gasteiger partial charge < -0.3 is 4.42 Å². The lowest BCUT2D eigenvalue weighted by Crippen LogP contribution is -2.30. The third-order valence-corrected chi connectivity index (χ3v) is 7.71. The second kappa shape index (κ2) is 8.71. The lowest BCUT2D eigenvalue weighted by atomic mass is 9.83. The Balaban J connectivity index is 1.52. The van der Waals surface area contributed by atoms with E-state index in [0.717, 1.165) is 44.3 Å². The van der Waals surface area contributed by atoms with Gasteiger partial charge in [-0.2, -0.15) is 5.26 Å². The van der Waals surface area contributed by atoms with Crippen molar-refractivity contribution in [1.29, 1.82) is 5.26 Å². The molecule has 1 aliphatic carbocycles. The lowest BCUT2D eigenvalue weighted by molar-refractivity contribution is -0.660. The molecule has 5 aromatic rings. The van der Waals surface area contributed by atoms with Gasteiger partial charge in [-0.15, -0.1) is 0 Å². The predicted molar refractivity (Wildman–Crippen MR) is 141 cm³/mol. The molecule has 0 atom stereocenters. The maximum Gasteiger partial charge on any atom is 0.212 e. The fraction of sp³-hybridized carbons (Fsp3) is 0.250. The van der Waals surface area contributed by atoms with Crippen molar-refractivity contribution in [3.05, 3.63) is 89.6 Å². The van der Waals surface area contributed by atoms with E-state index in [0.29, 0.717) is 11.5 Å². The number of benzene rings is 3. The standard InChI is InChI=1S/C32H29N2O/c1-21-18-30-28(19-27(21)29-10-6-7-17-34(29)2)26-16-15-25(20-33)31(32(26)35-30)24-13-11-23(12-14-24)22-8-4-3-5-9-22/h6-7,10-19,22H,3-5,8-9H2,1-2H3/q+1. The van der Waals surface area contributed by atoms with Crippen LogP contribution in [-0.2, 0) is 7.05 Å². The van der Waals surface area contributed by atoms with Gasteiger partial charge in [0, 0.05) is 34.0 Å². The maximum absolute atomic E-state index is 9.95. The van der Waals surface area contributed by atoms with Crippen LogP contribution in [0, 0.1) is 18.3 Å². The number of aromatic nitrogens is 1. The molecule has 172 valence electrons. The first kappa shape index (κ1) is 21.6. The van der Waals surface area contributed by atoms with Crippen molar-refractivity contribution in [3.8, 4) is 28.5 Å². The van der Waals surface area contributed by atoms with Crippen LogP contribution < -0.4 is 4.57 Å². The van der Waals surface area contributed by atoms with Gasteiger partial charge >= 0.3 is 0 Å². The highest BCUT2D eigenvalue weighted by molar-refractivity contribution is 6.11. The second-order valence-corrected chi connectivity index (χ2v) is 9.90. The summed E-state index contributed by atoms with van der Waals surface area (Å²) in [5.74, 6) is 0.663. The molecular weight excluding hydrogens is 428 g/mol. The summed E-state index contributed by atoms with van der Waals surface area (Å²) in [6.07, 6.45) is 8.64. The second-order valence-electron chi connectivity index (χ2n) is 9.90. The Hall–Kier alpha value is -3.90. The van der Waals surface area contributed by atoms with Crippen LogP contribution in [0.15, 0.2) is 77.3 Å². The third-order valence-electron chi connectivity index (χ3n) is 7.71. The zero-order valence-corrected chi connectivity index (χ0v) is 20.3. The lowest BCUT2D eigenvalue weighted by Gasteiger charge is -2.22. The number of hydrogen-bond donors (Lipinski definition) is 0. The van der Waals surface area contributed by atoms with Crippen LogP contribution in [0.5, 0.6) is 0 Å². The number of furan rings is 1. The summed E-state index contributed by atoms with van der Waals surface area (Å²) in [7, 11) is 2.07. The van der Waals surface area contributed by atoms with E-state index in [1.807, 2.05) is 18.2 Å². The van der Waals surface area contributed by atoms with E-state index in [1.54, 1.807) is 0 Å². The molecule has 0 spiro atoms. The van der Waals surface area contributed by atoms with Crippen molar-refractivity contribution in [3.63, 3.8) is 0 Å². The molecule has 0 aliphatic heterocycles. The number of pyridine rings is 1. The minimum Gasteiger partial charge on any atom is -0.455 e. The van der Waals surface area contributed by atoms with Gasteiger partial charge in [-0.05, 0) is 72.7 Å². The highest BCUT2D eigenvalue weighted by atomic mass is 16.3. The van der Waals surface area contributed by atoms with Gasteiger partial charge in [-0.25, -0.2) is 4.57 Å². The molecule has 0 unspecified atom stereocenters. The Kier molecular flexibility index (Phi) is 5.38. The number of nitrogens with zero attached hydrogens (tertiary/aromatic N) is 2. The first-order valence-electron chi connectivity index (χ1n) is 12.6. The molecule has 0 amide bonds. The van der Waals surface area contributed by atoms with Crippen molar-refractivity contribution in [2.45, 2.75) is 44.9 Å². The van der Waals surface area contributed by atoms with Crippen molar-refractivity contribution >= 4 is 21.9 Å². The van der Waals surface area contributed by atoms with Crippen molar-refractivity contribution < 1.29 is 8.98 Å². The normalized spacial score (nSPS) is 14.4. The summed E-state index contributed by atoms with van der Waals surface area (Å²) in [6.45, 7) is 2.13. The molecule has 1 fully saturated rings. The molecular formula is C32H29N2O+. The Labute approximate surface area is 206 Å². The zero-order chi connectivity index (χ0) is 23.9. The monoisotopic (exact) mass is 457 g/mol. The topological polar surface area (TPSA) is 40.8 Å². The van der Waals surface area contributed by atoms with Crippen LogP contribution in [0.3, 0.4) is 0 Å². The molecule has 3 aromatic carbocycles. The van der Waals surface area contributed by atoms with Crippen LogP contribution in [0.2, 0.25) is 0 Å². The first-order chi connectivity index (χ1) is 17.1. The SMILES string of the molecule is Cc1cc2oc3c(-c4ccc(C5CCCCC5)cc4)c(C#N)ccc3c2cc1-c1cccc[n+]1C. The number of rotatable bonds is 3. The van der Waals surface area contributed by atoms with E-state index in [1.165, 1.54) is 43.2 Å². The summed E-state index contributed by atoms with van der Waals surface area (Å²) in [5.41, 5.74) is 9.15. The summed E-state index contributed by atoms with van der Waals surface area (Å²) in [6, 6.07) is 25.8. The largest absolute Gasteiger partial charge is 0.455 e. The maximum atomic E-state index is 9.95. The van der Waals surface area contributed by atoms with Crippen molar-refractivity contribution in [1.82, 2.24) is 0 Å². The molecule has 35 heavy (non-hydrogen) atoms.